The molecule has 1 saturated carbocycles. The van der Waals surface area contributed by atoms with Gasteiger partial charge in [-0.2, -0.15) is 0 Å². The Labute approximate surface area is 155 Å². The van der Waals surface area contributed by atoms with Gasteiger partial charge in [0.25, 0.3) is 0 Å². The SMILES string of the molecule is O=C(CS[C@H](c1ccccc1)c1ccc(Cl)cc1)NC1(C(=O)O)CC1. The summed E-state index contributed by atoms with van der Waals surface area (Å²) >= 11 is 7.45. The Morgan fingerprint density at radius 3 is 2.24 bits per heavy atom. The van der Waals surface area contributed by atoms with E-state index in [0.29, 0.717) is 17.9 Å². The molecule has 25 heavy (non-hydrogen) atoms. The first kappa shape index (κ1) is 17.8. The van der Waals surface area contributed by atoms with Crippen molar-refractivity contribution in [2.24, 2.45) is 0 Å². The normalized spacial score (nSPS) is 16.0. The van der Waals surface area contributed by atoms with Crippen molar-refractivity contribution >= 4 is 35.2 Å². The second-order valence-electron chi connectivity index (χ2n) is 6.09. The molecule has 1 aliphatic carbocycles. The van der Waals surface area contributed by atoms with Gasteiger partial charge in [0.15, 0.2) is 0 Å². The first-order valence-electron chi connectivity index (χ1n) is 7.97. The summed E-state index contributed by atoms with van der Waals surface area (Å²) in [5, 5.41) is 12.5. The summed E-state index contributed by atoms with van der Waals surface area (Å²) in [6.07, 6.45) is 0.996. The highest BCUT2D eigenvalue weighted by atomic mass is 35.5. The lowest BCUT2D eigenvalue weighted by atomic mass is 10.0. The number of amides is 1. The number of nitrogens with one attached hydrogen (secondary N) is 1. The van der Waals surface area contributed by atoms with Crippen LogP contribution in [0.1, 0.15) is 29.2 Å². The lowest BCUT2D eigenvalue weighted by Gasteiger charge is -2.19. The third-order valence-corrected chi connectivity index (χ3v) is 5.75. The molecule has 1 atom stereocenters. The van der Waals surface area contributed by atoms with Gasteiger partial charge in [-0.15, -0.1) is 11.8 Å². The zero-order valence-electron chi connectivity index (χ0n) is 13.4. The Morgan fingerprint density at radius 2 is 1.68 bits per heavy atom. The molecule has 1 aliphatic rings. The summed E-state index contributed by atoms with van der Waals surface area (Å²) < 4.78 is 0. The third kappa shape index (κ3) is 4.35. The van der Waals surface area contributed by atoms with Crippen LogP contribution in [0.4, 0.5) is 0 Å². The lowest BCUT2D eigenvalue weighted by Crippen LogP contribution is -2.43. The molecule has 130 valence electrons. The van der Waals surface area contributed by atoms with Gasteiger partial charge in [0.1, 0.15) is 5.54 Å². The summed E-state index contributed by atoms with van der Waals surface area (Å²) in [6, 6.07) is 17.5. The minimum Gasteiger partial charge on any atom is -0.480 e. The highest BCUT2D eigenvalue weighted by molar-refractivity contribution is 8.00. The molecule has 2 aromatic rings. The van der Waals surface area contributed by atoms with Crippen LogP contribution in [-0.2, 0) is 9.59 Å². The zero-order chi connectivity index (χ0) is 17.9. The van der Waals surface area contributed by atoms with Crippen LogP contribution in [0, 0.1) is 0 Å². The summed E-state index contributed by atoms with van der Waals surface area (Å²) in [5.74, 6) is -1.01. The Hall–Kier alpha value is -1.98. The summed E-state index contributed by atoms with van der Waals surface area (Å²) in [7, 11) is 0. The van der Waals surface area contributed by atoms with Crippen LogP contribution in [-0.4, -0.2) is 28.3 Å². The van der Waals surface area contributed by atoms with Gasteiger partial charge in [-0.05, 0) is 36.1 Å². The smallest absolute Gasteiger partial charge is 0.329 e. The maximum absolute atomic E-state index is 12.2. The van der Waals surface area contributed by atoms with Crippen molar-refractivity contribution in [3.63, 3.8) is 0 Å². The molecule has 2 N–H and O–H groups in total. The molecule has 0 heterocycles. The number of aliphatic carboxylic acids is 1. The van der Waals surface area contributed by atoms with E-state index in [9.17, 15) is 14.7 Å². The highest BCUT2D eigenvalue weighted by Gasteiger charge is 2.51. The minimum absolute atomic E-state index is 0.0239. The Balaban J connectivity index is 1.71. The molecule has 0 bridgehead atoms. The van der Waals surface area contributed by atoms with Crippen molar-refractivity contribution in [2.45, 2.75) is 23.6 Å². The maximum Gasteiger partial charge on any atom is 0.329 e. The lowest BCUT2D eigenvalue weighted by molar-refractivity contribution is -0.142. The van der Waals surface area contributed by atoms with Crippen LogP contribution in [0.5, 0.6) is 0 Å². The van der Waals surface area contributed by atoms with Gasteiger partial charge < -0.3 is 10.4 Å². The second kappa shape index (κ2) is 7.50. The third-order valence-electron chi connectivity index (χ3n) is 4.19. The number of benzene rings is 2. The number of thioether (sulfide) groups is 1. The molecule has 0 radical (unpaired) electrons. The van der Waals surface area contributed by atoms with Crippen molar-refractivity contribution in [1.82, 2.24) is 5.32 Å². The highest BCUT2D eigenvalue weighted by Crippen LogP contribution is 2.38. The van der Waals surface area contributed by atoms with Crippen LogP contribution in [0.2, 0.25) is 5.02 Å². The maximum atomic E-state index is 12.2. The molecule has 0 spiro atoms. The van der Waals surface area contributed by atoms with E-state index in [4.69, 9.17) is 11.6 Å². The van der Waals surface area contributed by atoms with Gasteiger partial charge in [-0.25, -0.2) is 4.79 Å². The second-order valence-corrected chi connectivity index (χ2v) is 7.62. The number of halogens is 1. The standard InChI is InChI=1S/C19H18ClNO3S/c20-15-8-6-14(7-9-15)17(13-4-2-1-3-5-13)25-12-16(22)21-19(10-11-19)18(23)24/h1-9,17H,10-12H2,(H,21,22)(H,23,24)/t17-/m1/s1. The van der Waals surface area contributed by atoms with Gasteiger partial charge >= 0.3 is 5.97 Å². The van der Waals surface area contributed by atoms with Crippen molar-refractivity contribution in [3.8, 4) is 0 Å². The number of carbonyl (C=O) groups excluding carboxylic acids is 1. The zero-order valence-corrected chi connectivity index (χ0v) is 15.0. The van der Waals surface area contributed by atoms with E-state index in [1.165, 1.54) is 11.8 Å². The molecule has 6 heteroatoms. The molecule has 2 aromatic carbocycles. The summed E-state index contributed by atoms with van der Waals surface area (Å²) in [5.41, 5.74) is 1.09. The fourth-order valence-electron chi connectivity index (χ4n) is 2.63. The van der Waals surface area contributed by atoms with E-state index >= 15 is 0 Å². The number of carboxylic acid groups (broad SMARTS) is 1. The Kier molecular flexibility index (Phi) is 5.35. The summed E-state index contributed by atoms with van der Waals surface area (Å²) in [6.45, 7) is 0. The Bertz CT molecular complexity index is 760. The van der Waals surface area contributed by atoms with Crippen LogP contribution in [0.3, 0.4) is 0 Å². The van der Waals surface area contributed by atoms with Gasteiger partial charge in [-0.3, -0.25) is 4.79 Å². The number of hydrogen-bond acceptors (Lipinski definition) is 3. The van der Waals surface area contributed by atoms with E-state index in [-0.39, 0.29) is 16.9 Å². The molecule has 0 saturated heterocycles. The first-order valence-corrected chi connectivity index (χ1v) is 9.39. The molecule has 0 aromatic heterocycles. The van der Waals surface area contributed by atoms with Crippen LogP contribution < -0.4 is 5.32 Å². The van der Waals surface area contributed by atoms with E-state index in [1.807, 2.05) is 54.6 Å². The predicted octanol–water partition coefficient (Wildman–Crippen LogP) is 3.90. The average Bonchev–Trinajstić information content (AvgIpc) is 3.38. The van der Waals surface area contributed by atoms with Crippen molar-refractivity contribution in [3.05, 3.63) is 70.7 Å². The number of hydrogen-bond donors (Lipinski definition) is 2. The molecule has 0 aliphatic heterocycles. The quantitative estimate of drug-likeness (QED) is 0.770. The monoisotopic (exact) mass is 375 g/mol. The van der Waals surface area contributed by atoms with Crippen LogP contribution >= 0.6 is 23.4 Å². The molecule has 4 nitrogen and oxygen atoms in total. The van der Waals surface area contributed by atoms with Crippen LogP contribution in [0.15, 0.2) is 54.6 Å². The predicted molar refractivity (Wildman–Crippen MR) is 99.9 cm³/mol. The Morgan fingerprint density at radius 1 is 1.08 bits per heavy atom. The van der Waals surface area contributed by atoms with Gasteiger partial charge in [0.05, 0.1) is 11.0 Å². The first-order chi connectivity index (χ1) is 12.0. The van der Waals surface area contributed by atoms with E-state index in [1.54, 1.807) is 0 Å². The number of carbonyl (C=O) groups is 2. The van der Waals surface area contributed by atoms with Crippen molar-refractivity contribution < 1.29 is 14.7 Å². The minimum atomic E-state index is -1.04. The van der Waals surface area contributed by atoms with Gasteiger partial charge in [0, 0.05) is 5.02 Å². The van der Waals surface area contributed by atoms with Gasteiger partial charge in [0.2, 0.25) is 5.91 Å². The average molecular weight is 376 g/mol. The molecule has 1 amide bonds. The molecule has 0 unspecified atom stereocenters. The van der Waals surface area contributed by atoms with Crippen molar-refractivity contribution in [1.29, 1.82) is 0 Å². The van der Waals surface area contributed by atoms with Gasteiger partial charge in [-0.1, -0.05) is 54.1 Å². The fourth-order valence-corrected chi connectivity index (χ4v) is 3.84. The molecule has 3 rings (SSSR count). The largest absolute Gasteiger partial charge is 0.480 e. The van der Waals surface area contributed by atoms with E-state index in [0.717, 1.165) is 11.1 Å². The van der Waals surface area contributed by atoms with Crippen LogP contribution in [0.25, 0.3) is 0 Å². The molecular formula is C19H18ClNO3S. The topological polar surface area (TPSA) is 66.4 Å². The molecule has 1 fully saturated rings. The van der Waals surface area contributed by atoms with Crippen molar-refractivity contribution in [2.75, 3.05) is 5.75 Å². The fraction of sp³-hybridized carbons (Fsp3) is 0.263. The van der Waals surface area contributed by atoms with E-state index in [2.05, 4.69) is 5.32 Å². The summed E-state index contributed by atoms with van der Waals surface area (Å²) in [4.78, 5) is 23.4. The number of carboxylic acids is 1. The number of rotatable bonds is 7. The molecular weight excluding hydrogens is 358 g/mol. The van der Waals surface area contributed by atoms with E-state index < -0.39 is 11.5 Å².